The Bertz CT molecular complexity index is 444. The van der Waals surface area contributed by atoms with E-state index >= 15 is 0 Å². The van der Waals surface area contributed by atoms with E-state index in [0.717, 1.165) is 44.3 Å². The maximum Gasteiger partial charge on any atom is 0.118 e. The first-order valence-electron chi connectivity index (χ1n) is 7.92. The second-order valence-electron chi connectivity index (χ2n) is 5.95. The van der Waals surface area contributed by atoms with E-state index < -0.39 is 0 Å². The Kier molecular flexibility index (Phi) is 4.44. The Morgan fingerprint density at radius 2 is 2.30 bits per heavy atom. The molecule has 1 saturated heterocycles. The van der Waals surface area contributed by atoms with Crippen molar-refractivity contribution in [3.8, 4) is 0 Å². The topological polar surface area (TPSA) is 37.6 Å². The van der Waals surface area contributed by atoms with Crippen LogP contribution in [0.4, 0.5) is 0 Å². The summed E-state index contributed by atoms with van der Waals surface area (Å²) in [7, 11) is 0. The molecule has 2 heterocycles. The third-order valence-corrected chi connectivity index (χ3v) is 4.59. The monoisotopic (exact) mass is 278 g/mol. The van der Waals surface area contributed by atoms with Crippen LogP contribution in [0.3, 0.4) is 0 Å². The summed E-state index contributed by atoms with van der Waals surface area (Å²) in [6.45, 7) is 8.93. The van der Waals surface area contributed by atoms with Crippen molar-refractivity contribution in [1.82, 2.24) is 10.2 Å². The summed E-state index contributed by atoms with van der Waals surface area (Å²) in [5.41, 5.74) is 1.34. The fraction of sp³-hybridized carbons (Fsp3) is 0.750. The number of fused-ring (bicyclic) bond motifs is 1. The predicted octanol–water partition coefficient (Wildman–Crippen LogP) is 2.45. The first-order chi connectivity index (χ1) is 9.78. The normalized spacial score (nSPS) is 26.9. The van der Waals surface area contributed by atoms with Crippen LogP contribution in [0.15, 0.2) is 10.5 Å². The molecule has 2 fully saturated rings. The van der Waals surface area contributed by atoms with Gasteiger partial charge in [-0.05, 0) is 38.8 Å². The molecule has 1 aliphatic heterocycles. The van der Waals surface area contributed by atoms with Crippen LogP contribution in [0.1, 0.15) is 43.3 Å². The first kappa shape index (κ1) is 14.1. The van der Waals surface area contributed by atoms with Crippen molar-refractivity contribution in [1.29, 1.82) is 0 Å². The molecule has 1 aliphatic carbocycles. The highest BCUT2D eigenvalue weighted by molar-refractivity contribution is 5.21. The van der Waals surface area contributed by atoms with Crippen molar-refractivity contribution in [2.75, 3.05) is 19.7 Å². The molecule has 4 heteroatoms. The van der Waals surface area contributed by atoms with E-state index in [1.54, 1.807) is 0 Å². The lowest BCUT2D eigenvalue weighted by Crippen LogP contribution is -2.47. The van der Waals surface area contributed by atoms with E-state index in [2.05, 4.69) is 30.1 Å². The Hall–Kier alpha value is -0.840. The third kappa shape index (κ3) is 2.92. The average Bonchev–Trinajstić information content (AvgIpc) is 3.04. The Labute approximate surface area is 121 Å². The lowest BCUT2D eigenvalue weighted by Gasteiger charge is -2.37. The summed E-state index contributed by atoms with van der Waals surface area (Å²) in [6, 6.07) is 2.84. The van der Waals surface area contributed by atoms with Gasteiger partial charge in [0.05, 0.1) is 19.3 Å². The molecule has 1 aromatic rings. The lowest BCUT2D eigenvalue weighted by atomic mass is 10.1. The Morgan fingerprint density at radius 3 is 3.15 bits per heavy atom. The van der Waals surface area contributed by atoms with Crippen molar-refractivity contribution in [3.05, 3.63) is 23.2 Å². The maximum absolute atomic E-state index is 5.88. The molecule has 20 heavy (non-hydrogen) atoms. The molecule has 0 aromatic carbocycles. The van der Waals surface area contributed by atoms with Gasteiger partial charge in [-0.25, -0.2) is 0 Å². The van der Waals surface area contributed by atoms with Gasteiger partial charge in [0.1, 0.15) is 11.5 Å². The minimum absolute atomic E-state index is 0.470. The van der Waals surface area contributed by atoms with E-state index in [0.29, 0.717) is 12.1 Å². The molecule has 3 rings (SSSR count). The van der Waals surface area contributed by atoms with Crippen LogP contribution in [0.25, 0.3) is 0 Å². The molecule has 1 N–H and O–H groups in total. The summed E-state index contributed by atoms with van der Waals surface area (Å²) in [6.07, 6.45) is 4.29. The smallest absolute Gasteiger partial charge is 0.118 e. The highest BCUT2D eigenvalue weighted by atomic mass is 16.5. The van der Waals surface area contributed by atoms with E-state index in [-0.39, 0.29) is 0 Å². The zero-order valence-corrected chi connectivity index (χ0v) is 12.7. The molecule has 0 bridgehead atoms. The first-order valence-corrected chi connectivity index (χ1v) is 7.92. The van der Waals surface area contributed by atoms with Gasteiger partial charge in [0.2, 0.25) is 0 Å². The zero-order chi connectivity index (χ0) is 13.9. The molecule has 2 unspecified atom stereocenters. The molecule has 1 aromatic heterocycles. The summed E-state index contributed by atoms with van der Waals surface area (Å²) in [5.74, 6) is 2.12. The van der Waals surface area contributed by atoms with E-state index in [1.165, 1.54) is 24.8 Å². The fourth-order valence-electron chi connectivity index (χ4n) is 3.50. The molecule has 2 aliphatic rings. The average molecular weight is 278 g/mol. The number of aryl methyl sites for hydroxylation is 1. The SMILES string of the molecule is CCNCc1cc(CN2CCOC3CCCC32)c(C)o1. The molecule has 0 spiro atoms. The summed E-state index contributed by atoms with van der Waals surface area (Å²) < 4.78 is 11.7. The number of ether oxygens (including phenoxy) is 1. The predicted molar refractivity (Wildman–Crippen MR) is 78.6 cm³/mol. The molecule has 0 amide bonds. The van der Waals surface area contributed by atoms with E-state index in [9.17, 15) is 0 Å². The van der Waals surface area contributed by atoms with Gasteiger partial charge in [-0.15, -0.1) is 0 Å². The third-order valence-electron chi connectivity index (χ3n) is 4.59. The number of nitrogens with zero attached hydrogens (tertiary/aromatic N) is 1. The number of morpholine rings is 1. The van der Waals surface area contributed by atoms with Crippen LogP contribution in [0.5, 0.6) is 0 Å². The molecule has 4 nitrogen and oxygen atoms in total. The van der Waals surface area contributed by atoms with Crippen molar-refractivity contribution >= 4 is 0 Å². The van der Waals surface area contributed by atoms with Crippen LogP contribution in [0, 0.1) is 6.92 Å². The molecule has 112 valence electrons. The largest absolute Gasteiger partial charge is 0.465 e. The number of rotatable bonds is 5. The Morgan fingerprint density at radius 1 is 1.40 bits per heavy atom. The van der Waals surface area contributed by atoms with Gasteiger partial charge in [0.25, 0.3) is 0 Å². The molecular weight excluding hydrogens is 252 g/mol. The molecule has 1 saturated carbocycles. The van der Waals surface area contributed by atoms with Gasteiger partial charge >= 0.3 is 0 Å². The Balaban J connectivity index is 1.66. The fourth-order valence-corrected chi connectivity index (χ4v) is 3.50. The van der Waals surface area contributed by atoms with Crippen LogP contribution in [0.2, 0.25) is 0 Å². The highest BCUT2D eigenvalue weighted by Gasteiger charge is 2.36. The lowest BCUT2D eigenvalue weighted by molar-refractivity contribution is -0.0589. The van der Waals surface area contributed by atoms with Gasteiger partial charge in [-0.3, -0.25) is 4.90 Å². The summed E-state index contributed by atoms with van der Waals surface area (Å²) >= 11 is 0. The summed E-state index contributed by atoms with van der Waals surface area (Å²) in [5, 5.41) is 3.32. The highest BCUT2D eigenvalue weighted by Crippen LogP contribution is 2.31. The number of furan rings is 1. The second kappa shape index (κ2) is 6.29. The minimum Gasteiger partial charge on any atom is -0.465 e. The standard InChI is InChI=1S/C16H26N2O2/c1-3-17-10-14-9-13(12(2)20-14)11-18-7-8-19-16-6-4-5-15(16)18/h9,15-17H,3-8,10-11H2,1-2H3. The molecule has 0 radical (unpaired) electrons. The van der Waals surface area contributed by atoms with Crippen LogP contribution < -0.4 is 5.32 Å². The van der Waals surface area contributed by atoms with Crippen molar-refractivity contribution < 1.29 is 9.15 Å². The molecular formula is C16H26N2O2. The zero-order valence-electron chi connectivity index (χ0n) is 12.7. The van der Waals surface area contributed by atoms with E-state index in [4.69, 9.17) is 9.15 Å². The minimum atomic E-state index is 0.470. The van der Waals surface area contributed by atoms with Gasteiger partial charge in [0.15, 0.2) is 0 Å². The number of hydrogen-bond acceptors (Lipinski definition) is 4. The molecule has 2 atom stereocenters. The second-order valence-corrected chi connectivity index (χ2v) is 5.95. The summed E-state index contributed by atoms with van der Waals surface area (Å²) in [4.78, 5) is 2.59. The number of hydrogen-bond donors (Lipinski definition) is 1. The number of nitrogens with one attached hydrogen (secondary N) is 1. The van der Waals surface area contributed by atoms with Crippen LogP contribution in [-0.2, 0) is 17.8 Å². The van der Waals surface area contributed by atoms with E-state index in [1.807, 2.05) is 0 Å². The van der Waals surface area contributed by atoms with Gasteiger partial charge in [-0.2, -0.15) is 0 Å². The maximum atomic E-state index is 5.88. The van der Waals surface area contributed by atoms with Crippen molar-refractivity contribution in [3.63, 3.8) is 0 Å². The van der Waals surface area contributed by atoms with Crippen molar-refractivity contribution in [2.45, 2.75) is 58.3 Å². The van der Waals surface area contributed by atoms with Crippen molar-refractivity contribution in [2.24, 2.45) is 0 Å². The van der Waals surface area contributed by atoms with Crippen LogP contribution in [-0.4, -0.2) is 36.7 Å². The van der Waals surface area contributed by atoms with Gasteiger partial charge in [-0.1, -0.05) is 6.92 Å². The quantitative estimate of drug-likeness (QED) is 0.898. The van der Waals surface area contributed by atoms with Gasteiger partial charge in [0, 0.05) is 24.7 Å². The van der Waals surface area contributed by atoms with Gasteiger partial charge < -0.3 is 14.5 Å². The van der Waals surface area contributed by atoms with Crippen LogP contribution >= 0.6 is 0 Å².